The topological polar surface area (TPSA) is 60.0 Å². The second kappa shape index (κ2) is 9.87. The lowest BCUT2D eigenvalue weighted by atomic mass is 9.84. The monoisotopic (exact) mass is 391 g/mol. The number of rotatable bonds is 7. The fourth-order valence-corrected chi connectivity index (χ4v) is 3.85. The Kier molecular flexibility index (Phi) is 7.80. The molecule has 1 aliphatic rings. The van der Waals surface area contributed by atoms with Crippen LogP contribution >= 0.6 is 0 Å². The van der Waals surface area contributed by atoms with Gasteiger partial charge in [0.1, 0.15) is 5.82 Å². The second-order valence-corrected chi connectivity index (χ2v) is 8.13. The van der Waals surface area contributed by atoms with Gasteiger partial charge < -0.3 is 20.4 Å². The lowest BCUT2D eigenvalue weighted by Gasteiger charge is -2.31. The first-order valence-corrected chi connectivity index (χ1v) is 9.86. The van der Waals surface area contributed by atoms with Crippen LogP contribution in [-0.4, -0.2) is 63.4 Å². The van der Waals surface area contributed by atoms with Gasteiger partial charge in [-0.05, 0) is 44.6 Å². The van der Waals surface area contributed by atoms with Crippen LogP contribution in [-0.2, 0) is 17.9 Å². The Hall–Kier alpha value is -2.15. The molecule has 0 saturated heterocycles. The molecule has 1 saturated carbocycles. The molecule has 0 heterocycles. The Bertz CT molecular complexity index is 696. The SMILES string of the molecule is CN=C(NCc1ccc(F)c(CN(C)C)c1)NCC1(C(=O)N(C)C)CCCC1. The summed E-state index contributed by atoms with van der Waals surface area (Å²) in [6, 6.07) is 5.17. The van der Waals surface area contributed by atoms with Gasteiger partial charge in [-0.3, -0.25) is 9.79 Å². The van der Waals surface area contributed by atoms with Crippen molar-refractivity contribution in [3.05, 3.63) is 35.1 Å². The van der Waals surface area contributed by atoms with Crippen LogP contribution in [0.15, 0.2) is 23.2 Å². The van der Waals surface area contributed by atoms with Crippen molar-refractivity contribution < 1.29 is 9.18 Å². The molecule has 6 nitrogen and oxygen atoms in total. The Morgan fingerprint density at radius 3 is 2.43 bits per heavy atom. The van der Waals surface area contributed by atoms with Crippen LogP contribution in [0.3, 0.4) is 0 Å². The van der Waals surface area contributed by atoms with Gasteiger partial charge in [-0.1, -0.05) is 18.9 Å². The molecular formula is C21H34FN5O. The predicted octanol–water partition coefficient (Wildman–Crippen LogP) is 2.20. The Morgan fingerprint density at radius 1 is 1.18 bits per heavy atom. The highest BCUT2D eigenvalue weighted by atomic mass is 19.1. The summed E-state index contributed by atoms with van der Waals surface area (Å²) in [5.74, 6) is 0.640. The minimum absolute atomic E-state index is 0.180. The molecule has 2 rings (SSSR count). The Balaban J connectivity index is 1.97. The number of halogens is 1. The van der Waals surface area contributed by atoms with Crippen molar-refractivity contribution in [1.29, 1.82) is 0 Å². The molecule has 7 heteroatoms. The number of carbonyl (C=O) groups excluding carboxylic acids is 1. The van der Waals surface area contributed by atoms with Gasteiger partial charge in [0.15, 0.2) is 5.96 Å². The van der Waals surface area contributed by atoms with Crippen molar-refractivity contribution in [3.63, 3.8) is 0 Å². The zero-order valence-corrected chi connectivity index (χ0v) is 17.8. The summed E-state index contributed by atoms with van der Waals surface area (Å²) in [5, 5.41) is 6.60. The summed E-state index contributed by atoms with van der Waals surface area (Å²) in [5.41, 5.74) is 1.31. The number of hydrogen-bond acceptors (Lipinski definition) is 3. The summed E-state index contributed by atoms with van der Waals surface area (Å²) in [4.78, 5) is 20.6. The third-order valence-corrected chi connectivity index (χ3v) is 5.30. The molecule has 0 aromatic heterocycles. The highest BCUT2D eigenvalue weighted by molar-refractivity contribution is 5.85. The van der Waals surface area contributed by atoms with Crippen molar-refractivity contribution in [2.45, 2.75) is 38.8 Å². The molecular weight excluding hydrogens is 357 g/mol. The molecule has 0 aliphatic heterocycles. The van der Waals surface area contributed by atoms with Crippen molar-refractivity contribution in [3.8, 4) is 0 Å². The zero-order chi connectivity index (χ0) is 20.7. The van der Waals surface area contributed by atoms with Gasteiger partial charge in [0.25, 0.3) is 0 Å². The van der Waals surface area contributed by atoms with Crippen LogP contribution in [0.1, 0.15) is 36.8 Å². The quantitative estimate of drug-likeness (QED) is 0.553. The molecule has 28 heavy (non-hydrogen) atoms. The minimum Gasteiger partial charge on any atom is -0.355 e. The maximum atomic E-state index is 14.0. The lowest BCUT2D eigenvalue weighted by molar-refractivity contribution is -0.138. The number of benzene rings is 1. The van der Waals surface area contributed by atoms with Gasteiger partial charge in [0.2, 0.25) is 5.91 Å². The van der Waals surface area contributed by atoms with Gasteiger partial charge in [0, 0.05) is 46.3 Å². The van der Waals surface area contributed by atoms with E-state index in [1.165, 1.54) is 6.07 Å². The molecule has 1 aliphatic carbocycles. The third-order valence-electron chi connectivity index (χ3n) is 5.30. The summed E-state index contributed by atoms with van der Waals surface area (Å²) >= 11 is 0. The molecule has 2 N–H and O–H groups in total. The van der Waals surface area contributed by atoms with E-state index in [4.69, 9.17) is 0 Å². The molecule has 1 amide bonds. The predicted molar refractivity (Wildman–Crippen MR) is 112 cm³/mol. The van der Waals surface area contributed by atoms with E-state index in [2.05, 4.69) is 15.6 Å². The number of nitrogens with zero attached hydrogens (tertiary/aromatic N) is 3. The molecule has 0 atom stereocenters. The van der Waals surface area contributed by atoms with Gasteiger partial charge in [-0.2, -0.15) is 0 Å². The van der Waals surface area contributed by atoms with Gasteiger partial charge in [0.05, 0.1) is 5.41 Å². The van der Waals surface area contributed by atoms with Crippen LogP contribution in [0, 0.1) is 11.2 Å². The fraction of sp³-hybridized carbons (Fsp3) is 0.619. The first-order chi connectivity index (χ1) is 13.3. The number of guanidine groups is 1. The van der Waals surface area contributed by atoms with E-state index >= 15 is 0 Å². The Labute approximate surface area is 168 Å². The average molecular weight is 392 g/mol. The van der Waals surface area contributed by atoms with E-state index in [0.29, 0.717) is 31.2 Å². The van der Waals surface area contributed by atoms with Crippen molar-refractivity contribution in [2.24, 2.45) is 10.4 Å². The molecule has 156 valence electrons. The van der Waals surface area contributed by atoms with E-state index in [0.717, 1.165) is 31.2 Å². The van der Waals surface area contributed by atoms with Crippen molar-refractivity contribution >= 4 is 11.9 Å². The van der Waals surface area contributed by atoms with Crippen LogP contribution < -0.4 is 10.6 Å². The average Bonchev–Trinajstić information content (AvgIpc) is 3.13. The standard InChI is InChI=1S/C21H34FN5O/c1-23-20(25-15-21(10-6-7-11-21)19(28)27(4)5)24-13-16-8-9-18(22)17(12-16)14-26(2)3/h8-9,12H,6-7,10-11,13-15H2,1-5H3,(H2,23,24,25). The number of nitrogens with one attached hydrogen (secondary N) is 2. The zero-order valence-electron chi connectivity index (χ0n) is 17.8. The molecule has 0 spiro atoms. The molecule has 0 unspecified atom stereocenters. The Morgan fingerprint density at radius 2 is 1.86 bits per heavy atom. The van der Waals surface area contributed by atoms with E-state index in [-0.39, 0.29) is 17.1 Å². The highest BCUT2D eigenvalue weighted by Crippen LogP contribution is 2.38. The normalized spacial score (nSPS) is 16.3. The van der Waals surface area contributed by atoms with Gasteiger partial charge >= 0.3 is 0 Å². The summed E-state index contributed by atoms with van der Waals surface area (Å²) in [7, 11) is 9.19. The fourth-order valence-electron chi connectivity index (χ4n) is 3.85. The van der Waals surface area contributed by atoms with Gasteiger partial charge in [-0.25, -0.2) is 4.39 Å². The maximum absolute atomic E-state index is 14.0. The molecule has 1 fully saturated rings. The number of aliphatic imine (C=N–C) groups is 1. The van der Waals surface area contributed by atoms with E-state index in [1.807, 2.05) is 39.2 Å². The number of carbonyl (C=O) groups is 1. The molecule has 1 aromatic rings. The van der Waals surface area contributed by atoms with Gasteiger partial charge in [-0.15, -0.1) is 0 Å². The van der Waals surface area contributed by atoms with Crippen LogP contribution in [0.4, 0.5) is 4.39 Å². The summed E-state index contributed by atoms with van der Waals surface area (Å²) in [6.07, 6.45) is 3.97. The largest absolute Gasteiger partial charge is 0.355 e. The first kappa shape index (κ1) is 22.1. The van der Waals surface area contributed by atoms with Crippen LogP contribution in [0.25, 0.3) is 0 Å². The number of hydrogen-bond donors (Lipinski definition) is 2. The molecule has 1 aromatic carbocycles. The lowest BCUT2D eigenvalue weighted by Crippen LogP contribution is -2.49. The molecule has 0 radical (unpaired) electrons. The van der Waals surface area contributed by atoms with E-state index in [9.17, 15) is 9.18 Å². The van der Waals surface area contributed by atoms with E-state index < -0.39 is 0 Å². The maximum Gasteiger partial charge on any atom is 0.230 e. The highest BCUT2D eigenvalue weighted by Gasteiger charge is 2.42. The first-order valence-electron chi connectivity index (χ1n) is 9.86. The van der Waals surface area contributed by atoms with Crippen LogP contribution in [0.5, 0.6) is 0 Å². The second-order valence-electron chi connectivity index (χ2n) is 8.13. The van der Waals surface area contributed by atoms with Crippen LogP contribution in [0.2, 0.25) is 0 Å². The summed E-state index contributed by atoms with van der Waals surface area (Å²) < 4.78 is 14.0. The molecule has 0 bridgehead atoms. The number of amides is 1. The summed E-state index contributed by atoms with van der Waals surface area (Å²) in [6.45, 7) is 1.66. The minimum atomic E-state index is -0.351. The van der Waals surface area contributed by atoms with Crippen molar-refractivity contribution in [2.75, 3.05) is 41.8 Å². The van der Waals surface area contributed by atoms with Crippen molar-refractivity contribution in [1.82, 2.24) is 20.4 Å². The third kappa shape index (κ3) is 5.67. The smallest absolute Gasteiger partial charge is 0.230 e. The van der Waals surface area contributed by atoms with E-state index in [1.54, 1.807) is 18.0 Å².